The van der Waals surface area contributed by atoms with Gasteiger partial charge in [-0.15, -0.1) is 0 Å². The van der Waals surface area contributed by atoms with E-state index in [-0.39, 0.29) is 54.3 Å². The number of alkyl halides is 3. The number of carbonyl (C=O) groups is 1. The molecule has 2 aliphatic heterocycles. The highest BCUT2D eigenvalue weighted by Crippen LogP contribution is 2.38. The van der Waals surface area contributed by atoms with E-state index in [0.29, 0.717) is 25.4 Å². The Labute approximate surface area is 219 Å². The van der Waals surface area contributed by atoms with Gasteiger partial charge in [-0.05, 0) is 62.6 Å². The second-order valence-electron chi connectivity index (χ2n) is 9.28. The Bertz CT molecular complexity index is 1180. The summed E-state index contributed by atoms with van der Waals surface area (Å²) in [6, 6.07) is 6.43. The van der Waals surface area contributed by atoms with E-state index < -0.39 is 17.6 Å². The van der Waals surface area contributed by atoms with E-state index in [1.54, 1.807) is 19.9 Å². The molecule has 0 radical (unpaired) electrons. The quantitative estimate of drug-likeness (QED) is 0.295. The predicted octanol–water partition coefficient (Wildman–Crippen LogP) is 5.87. The first kappa shape index (κ1) is 27.8. The molecule has 0 unspecified atom stereocenters. The smallest absolute Gasteiger partial charge is 0.419 e. The zero-order valence-electron chi connectivity index (χ0n) is 21.4. The molecule has 2 aromatic rings. The molecule has 0 spiro atoms. The van der Waals surface area contributed by atoms with Gasteiger partial charge in [-0.2, -0.15) is 13.2 Å². The highest BCUT2D eigenvalue weighted by Gasteiger charge is 2.34. The van der Waals surface area contributed by atoms with Crippen molar-refractivity contribution >= 4 is 12.0 Å². The number of fused-ring (bicyclic) bond motifs is 1. The Balaban J connectivity index is 1.42. The lowest BCUT2D eigenvalue weighted by Gasteiger charge is -2.32. The highest BCUT2D eigenvalue weighted by atomic mass is 19.4. The fourth-order valence-electron chi connectivity index (χ4n) is 4.69. The minimum Gasteiger partial charge on any atom is -0.493 e. The van der Waals surface area contributed by atoms with Gasteiger partial charge >= 0.3 is 12.1 Å². The van der Waals surface area contributed by atoms with Gasteiger partial charge in [0.25, 0.3) is 0 Å². The molecule has 2 aromatic carbocycles. The summed E-state index contributed by atoms with van der Waals surface area (Å²) < 4.78 is 76.8. The van der Waals surface area contributed by atoms with E-state index in [9.17, 15) is 22.4 Å². The average molecular weight is 538 g/mol. The summed E-state index contributed by atoms with van der Waals surface area (Å²) in [6.45, 7) is 5.88. The molecule has 38 heavy (non-hydrogen) atoms. The van der Waals surface area contributed by atoms with E-state index in [1.807, 2.05) is 0 Å². The molecule has 2 aliphatic rings. The summed E-state index contributed by atoms with van der Waals surface area (Å²) in [4.78, 5) is 14.3. The van der Waals surface area contributed by atoms with Crippen molar-refractivity contribution in [1.82, 2.24) is 4.90 Å². The van der Waals surface area contributed by atoms with Crippen molar-refractivity contribution in [1.29, 1.82) is 0 Å². The third-order valence-corrected chi connectivity index (χ3v) is 6.43. The number of esters is 1. The maximum Gasteiger partial charge on any atom is 0.419 e. The normalized spacial score (nSPS) is 17.7. The Hall–Kier alpha value is -3.27. The van der Waals surface area contributed by atoms with Gasteiger partial charge in [-0.3, -0.25) is 9.69 Å². The van der Waals surface area contributed by atoms with Crippen LogP contribution in [0.4, 0.5) is 17.6 Å². The van der Waals surface area contributed by atoms with Gasteiger partial charge in [0, 0.05) is 25.2 Å². The summed E-state index contributed by atoms with van der Waals surface area (Å²) >= 11 is 0. The van der Waals surface area contributed by atoms with E-state index >= 15 is 0 Å². The molecule has 10 heteroatoms. The van der Waals surface area contributed by atoms with Crippen LogP contribution < -0.4 is 14.2 Å². The maximum atomic E-state index is 15.0. The van der Waals surface area contributed by atoms with Gasteiger partial charge < -0.3 is 18.9 Å². The Morgan fingerprint density at radius 1 is 1.13 bits per heavy atom. The summed E-state index contributed by atoms with van der Waals surface area (Å²) in [5.74, 6) is -0.709. The SMILES string of the molecule is CCOC(=O)[C@H]1CCCN(CC2=Cc3c(F)cc(OCc4ccc(OCC)c(C(F)(F)F)c4)cc3OC2)C1. The maximum absolute atomic E-state index is 15.0. The van der Waals surface area contributed by atoms with Crippen LogP contribution in [0, 0.1) is 11.7 Å². The number of hydrogen-bond donors (Lipinski definition) is 0. The first-order valence-electron chi connectivity index (χ1n) is 12.7. The van der Waals surface area contributed by atoms with Crippen LogP contribution in [0.3, 0.4) is 0 Å². The van der Waals surface area contributed by atoms with Crippen molar-refractivity contribution in [3.8, 4) is 17.2 Å². The van der Waals surface area contributed by atoms with Crippen molar-refractivity contribution < 1.29 is 41.3 Å². The van der Waals surface area contributed by atoms with Gasteiger partial charge in [0.1, 0.15) is 36.3 Å². The van der Waals surface area contributed by atoms with E-state index in [4.69, 9.17) is 18.9 Å². The molecule has 2 heterocycles. The van der Waals surface area contributed by atoms with Crippen LogP contribution in [0.15, 0.2) is 35.9 Å². The molecule has 1 saturated heterocycles. The molecular formula is C28H31F4NO5. The number of nitrogens with zero attached hydrogens (tertiary/aromatic N) is 1. The summed E-state index contributed by atoms with van der Waals surface area (Å²) in [5, 5.41) is 0. The first-order valence-corrected chi connectivity index (χ1v) is 12.7. The van der Waals surface area contributed by atoms with Crippen LogP contribution in [-0.4, -0.2) is 50.3 Å². The summed E-state index contributed by atoms with van der Waals surface area (Å²) in [6.07, 6.45) is -1.17. The Kier molecular flexibility index (Phi) is 8.81. The molecule has 0 bridgehead atoms. The fraction of sp³-hybridized carbons (Fsp3) is 0.464. The van der Waals surface area contributed by atoms with Crippen molar-refractivity contribution in [2.24, 2.45) is 5.92 Å². The zero-order chi connectivity index (χ0) is 27.3. The van der Waals surface area contributed by atoms with Gasteiger partial charge in [0.05, 0.1) is 30.3 Å². The number of carbonyl (C=O) groups excluding carboxylic acids is 1. The molecule has 0 amide bonds. The van der Waals surface area contributed by atoms with Gasteiger partial charge in [-0.25, -0.2) is 4.39 Å². The predicted molar refractivity (Wildman–Crippen MR) is 133 cm³/mol. The molecular weight excluding hydrogens is 506 g/mol. The van der Waals surface area contributed by atoms with Gasteiger partial charge in [0.2, 0.25) is 0 Å². The van der Waals surface area contributed by atoms with Crippen molar-refractivity contribution in [3.05, 3.63) is 58.4 Å². The lowest BCUT2D eigenvalue weighted by Crippen LogP contribution is -2.40. The summed E-state index contributed by atoms with van der Waals surface area (Å²) in [7, 11) is 0. The standard InChI is InChI=1S/C28H31F4NO5/c1-3-35-25-8-7-18(11-23(25)28(30,31)32)16-37-21-12-24(29)22-10-19(17-38-26(22)13-21)14-33-9-5-6-20(15-33)27(34)36-4-2/h7-8,10-13,20H,3-6,9,14-17H2,1-2H3/t20-/m0/s1. The molecule has 0 aromatic heterocycles. The monoisotopic (exact) mass is 537 g/mol. The second-order valence-corrected chi connectivity index (χ2v) is 9.28. The zero-order valence-corrected chi connectivity index (χ0v) is 21.4. The number of rotatable bonds is 9. The third-order valence-electron chi connectivity index (χ3n) is 6.43. The van der Waals surface area contributed by atoms with Crippen molar-refractivity contribution in [2.45, 2.75) is 39.5 Å². The highest BCUT2D eigenvalue weighted by molar-refractivity contribution is 5.72. The topological polar surface area (TPSA) is 57.2 Å². The van der Waals surface area contributed by atoms with Gasteiger partial charge in [0.15, 0.2) is 0 Å². The largest absolute Gasteiger partial charge is 0.493 e. The minimum absolute atomic E-state index is 0.107. The molecule has 0 saturated carbocycles. The number of hydrogen-bond acceptors (Lipinski definition) is 6. The van der Waals surface area contributed by atoms with Gasteiger partial charge in [-0.1, -0.05) is 6.07 Å². The van der Waals surface area contributed by atoms with E-state index in [1.165, 1.54) is 24.3 Å². The number of halogens is 4. The van der Waals surface area contributed by atoms with Crippen LogP contribution in [0.1, 0.15) is 43.4 Å². The molecule has 1 fully saturated rings. The van der Waals surface area contributed by atoms with E-state index in [0.717, 1.165) is 31.0 Å². The number of piperidine rings is 1. The Morgan fingerprint density at radius 2 is 1.95 bits per heavy atom. The summed E-state index contributed by atoms with van der Waals surface area (Å²) in [5.41, 5.74) is 0.548. The number of benzene rings is 2. The van der Waals surface area contributed by atoms with Crippen LogP contribution in [-0.2, 0) is 22.3 Å². The molecule has 6 nitrogen and oxygen atoms in total. The molecule has 1 atom stereocenters. The van der Waals surface area contributed by atoms with Crippen LogP contribution in [0.2, 0.25) is 0 Å². The molecule has 4 rings (SSSR count). The molecule has 206 valence electrons. The van der Waals surface area contributed by atoms with Crippen molar-refractivity contribution in [3.63, 3.8) is 0 Å². The number of ether oxygens (including phenoxy) is 4. The van der Waals surface area contributed by atoms with Crippen LogP contribution in [0.5, 0.6) is 17.2 Å². The second kappa shape index (κ2) is 12.1. The van der Waals surface area contributed by atoms with Crippen LogP contribution in [0.25, 0.3) is 6.08 Å². The first-order chi connectivity index (χ1) is 18.2. The van der Waals surface area contributed by atoms with Crippen molar-refractivity contribution in [2.75, 3.05) is 39.5 Å². The van der Waals surface area contributed by atoms with Crippen LogP contribution >= 0.6 is 0 Å². The third kappa shape index (κ3) is 6.78. The lowest BCUT2D eigenvalue weighted by molar-refractivity contribution is -0.149. The Morgan fingerprint density at radius 3 is 2.68 bits per heavy atom. The van der Waals surface area contributed by atoms with E-state index in [2.05, 4.69) is 4.90 Å². The number of likely N-dealkylation sites (tertiary alicyclic amines) is 1. The average Bonchev–Trinajstić information content (AvgIpc) is 2.88. The fourth-order valence-corrected chi connectivity index (χ4v) is 4.69. The molecule has 0 N–H and O–H groups in total. The molecule has 0 aliphatic carbocycles. The minimum atomic E-state index is -4.58. The lowest BCUT2D eigenvalue weighted by atomic mass is 9.97.